The number of halogens is 1. The predicted octanol–water partition coefficient (Wildman–Crippen LogP) is 8.01. The monoisotopic (exact) mass is 450 g/mol. The lowest BCUT2D eigenvalue weighted by Gasteiger charge is -2.16. The number of anilines is 1. The Hall–Kier alpha value is -2.39. The molecule has 0 radical (unpaired) electrons. The summed E-state index contributed by atoms with van der Waals surface area (Å²) in [5.74, 6) is 1.07. The number of rotatable bonds is 12. The first-order valence-electron chi connectivity index (χ1n) is 11.7. The van der Waals surface area contributed by atoms with Crippen molar-refractivity contribution in [1.29, 1.82) is 0 Å². The van der Waals surface area contributed by atoms with Gasteiger partial charge < -0.3 is 5.32 Å². The summed E-state index contributed by atoms with van der Waals surface area (Å²) in [6.07, 6.45) is 8.65. The van der Waals surface area contributed by atoms with Gasteiger partial charge in [-0.15, -0.1) is 0 Å². The van der Waals surface area contributed by atoms with Gasteiger partial charge in [-0.1, -0.05) is 69.5 Å². The van der Waals surface area contributed by atoms with Crippen molar-refractivity contribution in [1.82, 2.24) is 0 Å². The number of fused-ring (bicyclic) bond motifs is 1. The number of hydrogen-bond acceptors (Lipinski definition) is 3. The molecule has 2 aromatic carbocycles. The van der Waals surface area contributed by atoms with Gasteiger partial charge in [0.25, 0.3) is 0 Å². The highest BCUT2D eigenvalue weighted by Gasteiger charge is 2.22. The highest BCUT2D eigenvalue weighted by Crippen LogP contribution is 2.42. The van der Waals surface area contributed by atoms with Crippen molar-refractivity contribution >= 4 is 35.0 Å². The topological polar surface area (TPSA) is 41.5 Å². The van der Waals surface area contributed by atoms with Crippen LogP contribution in [0.1, 0.15) is 80.9 Å². The number of nitrogens with zero attached hydrogens (tertiary/aromatic N) is 1. The van der Waals surface area contributed by atoms with E-state index < -0.39 is 0 Å². The van der Waals surface area contributed by atoms with E-state index in [2.05, 4.69) is 44.1 Å². The van der Waals surface area contributed by atoms with E-state index in [4.69, 9.17) is 16.6 Å². The van der Waals surface area contributed by atoms with Gasteiger partial charge in [-0.3, -0.25) is 9.79 Å². The first-order chi connectivity index (χ1) is 15.4. The summed E-state index contributed by atoms with van der Waals surface area (Å²) in [6, 6.07) is 12.2. The van der Waals surface area contributed by atoms with E-state index in [-0.39, 0.29) is 5.78 Å². The average molecular weight is 451 g/mol. The minimum absolute atomic E-state index is 0.169. The lowest BCUT2D eigenvalue weighted by atomic mass is 9.90. The highest BCUT2D eigenvalue weighted by atomic mass is 35.5. The summed E-state index contributed by atoms with van der Waals surface area (Å²) in [5, 5.41) is 4.00. The van der Waals surface area contributed by atoms with Crippen molar-refractivity contribution in [2.24, 2.45) is 4.99 Å². The fourth-order valence-corrected chi connectivity index (χ4v) is 4.49. The summed E-state index contributed by atoms with van der Waals surface area (Å²) >= 11 is 6.03. The van der Waals surface area contributed by atoms with Crippen molar-refractivity contribution in [3.8, 4) is 0 Å². The Labute approximate surface area is 198 Å². The van der Waals surface area contributed by atoms with Gasteiger partial charge in [-0.25, -0.2) is 0 Å². The van der Waals surface area contributed by atoms with E-state index in [1.807, 2.05) is 31.3 Å². The zero-order valence-electron chi connectivity index (χ0n) is 19.6. The molecule has 1 atom stereocenters. The molecule has 170 valence electrons. The van der Waals surface area contributed by atoms with Crippen LogP contribution in [0.4, 0.5) is 11.4 Å². The van der Waals surface area contributed by atoms with Crippen LogP contribution in [0.25, 0.3) is 0 Å². The molecule has 4 heteroatoms. The van der Waals surface area contributed by atoms with Gasteiger partial charge in [0, 0.05) is 37.0 Å². The van der Waals surface area contributed by atoms with Crippen molar-refractivity contribution in [2.75, 3.05) is 12.4 Å². The largest absolute Gasteiger partial charge is 0.386 e. The molecular formula is C28H35ClN2O. The van der Waals surface area contributed by atoms with Crippen molar-refractivity contribution < 1.29 is 4.79 Å². The molecule has 0 aromatic heterocycles. The maximum atomic E-state index is 12.4. The van der Waals surface area contributed by atoms with E-state index >= 15 is 0 Å². The molecule has 1 aliphatic heterocycles. The number of allylic oxidation sites excluding steroid dienone is 1. The molecule has 0 saturated carbocycles. The van der Waals surface area contributed by atoms with Crippen LogP contribution in [-0.4, -0.2) is 19.0 Å². The average Bonchev–Trinajstić information content (AvgIpc) is 3.18. The second kappa shape index (κ2) is 11.5. The molecular weight excluding hydrogens is 416 g/mol. The number of Topliss-reactive ketones (excluding diaryl/α,β-unsaturated/α-hetero) is 1. The smallest absolute Gasteiger partial charge is 0.158 e. The molecule has 3 nitrogen and oxygen atoms in total. The van der Waals surface area contributed by atoms with Gasteiger partial charge in [-0.2, -0.15) is 0 Å². The third kappa shape index (κ3) is 6.32. The second-order valence-electron chi connectivity index (χ2n) is 9.08. The predicted molar refractivity (Wildman–Crippen MR) is 138 cm³/mol. The molecule has 1 aliphatic rings. The lowest BCUT2D eigenvalue weighted by molar-refractivity contribution is -0.115. The maximum absolute atomic E-state index is 12.4. The van der Waals surface area contributed by atoms with E-state index in [1.54, 1.807) is 0 Å². The Bertz CT molecular complexity index is 993. The van der Waals surface area contributed by atoms with Crippen molar-refractivity contribution in [3.63, 3.8) is 0 Å². The number of hydrogen-bond donors (Lipinski definition) is 1. The van der Waals surface area contributed by atoms with E-state index in [0.29, 0.717) is 35.3 Å². The van der Waals surface area contributed by atoms with E-state index in [0.717, 1.165) is 49.0 Å². The van der Waals surface area contributed by atoms with E-state index in [9.17, 15) is 4.79 Å². The SMILES string of the molecule is C=C(Cc1cccc(Cl)c1)C(=O)CCCCCCC1C=Nc2c(NC)cc(C(C)C)cc21. The zero-order chi connectivity index (χ0) is 23.1. The van der Waals surface area contributed by atoms with Crippen LogP contribution in [0.5, 0.6) is 0 Å². The minimum Gasteiger partial charge on any atom is -0.386 e. The standard InChI is InChI=1S/C28H35ClN2O/c1-19(2)23-16-25-22(18-31-28(25)26(17-23)30-4)11-7-5-6-8-13-27(32)20(3)14-21-10-9-12-24(29)15-21/h9-10,12,15-19,22,30H,3,5-8,11,13-14H2,1-2,4H3. The quantitative estimate of drug-likeness (QED) is 0.262. The Morgan fingerprint density at radius 2 is 1.94 bits per heavy atom. The summed E-state index contributed by atoms with van der Waals surface area (Å²) in [4.78, 5) is 17.1. The molecule has 0 bridgehead atoms. The van der Waals surface area contributed by atoms with Gasteiger partial charge in [-0.05, 0) is 59.2 Å². The van der Waals surface area contributed by atoms with Gasteiger partial charge in [0.15, 0.2) is 5.78 Å². The third-order valence-corrected chi connectivity index (χ3v) is 6.49. The normalized spacial score (nSPS) is 14.6. The number of nitrogens with one attached hydrogen (secondary N) is 1. The van der Waals surface area contributed by atoms with Crippen molar-refractivity contribution in [2.45, 2.75) is 70.6 Å². The molecule has 0 amide bonds. The first kappa shape index (κ1) is 24.3. The number of unbranched alkanes of at least 4 members (excludes halogenated alkanes) is 3. The highest BCUT2D eigenvalue weighted by molar-refractivity contribution is 6.30. The van der Waals surface area contributed by atoms with Crippen LogP contribution in [-0.2, 0) is 11.2 Å². The summed E-state index contributed by atoms with van der Waals surface area (Å²) < 4.78 is 0. The number of carbonyl (C=O) groups is 1. The van der Waals surface area contributed by atoms with Crippen LogP contribution in [0.3, 0.4) is 0 Å². The number of benzene rings is 2. The summed E-state index contributed by atoms with van der Waals surface area (Å²) in [5.41, 5.74) is 6.66. The number of carbonyl (C=O) groups excluding carboxylic acids is 1. The Balaban J connectivity index is 1.40. The zero-order valence-corrected chi connectivity index (χ0v) is 20.3. The van der Waals surface area contributed by atoms with E-state index in [1.165, 1.54) is 11.1 Å². The molecule has 2 aromatic rings. The summed E-state index contributed by atoms with van der Waals surface area (Å²) in [7, 11) is 1.97. The fourth-order valence-electron chi connectivity index (χ4n) is 4.28. The van der Waals surface area contributed by atoms with Gasteiger partial charge in [0.2, 0.25) is 0 Å². The first-order valence-corrected chi connectivity index (χ1v) is 12.1. The van der Waals surface area contributed by atoms with Crippen LogP contribution >= 0.6 is 11.6 Å². The van der Waals surface area contributed by atoms with Crippen LogP contribution in [0, 0.1) is 0 Å². The molecule has 1 heterocycles. The van der Waals surface area contributed by atoms with Crippen LogP contribution in [0.15, 0.2) is 53.5 Å². The molecule has 3 rings (SSSR count). The lowest BCUT2D eigenvalue weighted by Crippen LogP contribution is -2.04. The fraction of sp³-hybridized carbons (Fsp3) is 0.429. The van der Waals surface area contributed by atoms with Gasteiger partial charge in [0.1, 0.15) is 0 Å². The molecule has 0 spiro atoms. The van der Waals surface area contributed by atoms with Crippen LogP contribution in [0.2, 0.25) is 5.02 Å². The van der Waals surface area contributed by atoms with Gasteiger partial charge in [0.05, 0.1) is 11.4 Å². The minimum atomic E-state index is 0.169. The molecule has 32 heavy (non-hydrogen) atoms. The second-order valence-corrected chi connectivity index (χ2v) is 9.52. The third-order valence-electron chi connectivity index (χ3n) is 6.25. The molecule has 0 fully saturated rings. The number of ketones is 1. The Morgan fingerprint density at radius 1 is 1.16 bits per heavy atom. The molecule has 0 aliphatic carbocycles. The number of aliphatic imine (C=N–C) groups is 1. The van der Waals surface area contributed by atoms with Crippen LogP contribution < -0.4 is 5.32 Å². The Kier molecular flexibility index (Phi) is 8.69. The molecule has 1 N–H and O–H groups in total. The summed E-state index contributed by atoms with van der Waals surface area (Å²) in [6.45, 7) is 8.46. The van der Waals surface area contributed by atoms with Crippen molar-refractivity contribution in [3.05, 3.63) is 70.3 Å². The molecule has 1 unspecified atom stereocenters. The van der Waals surface area contributed by atoms with Gasteiger partial charge >= 0.3 is 0 Å². The molecule has 0 saturated heterocycles. The Morgan fingerprint density at radius 3 is 2.66 bits per heavy atom. The maximum Gasteiger partial charge on any atom is 0.158 e.